The normalized spacial score (nSPS) is 12.6. The summed E-state index contributed by atoms with van der Waals surface area (Å²) in [6.45, 7) is 6.55. The third-order valence-electron chi connectivity index (χ3n) is 2.41. The molecule has 76 valence electrons. The molecular weight excluding hydrogens is 260 g/mol. The predicted molar refractivity (Wildman–Crippen MR) is 64.6 cm³/mol. The van der Waals surface area contributed by atoms with Crippen LogP contribution in [0.25, 0.3) is 4.96 Å². The molecule has 0 aliphatic carbocycles. The van der Waals surface area contributed by atoms with Crippen molar-refractivity contribution in [3.63, 3.8) is 0 Å². The Morgan fingerprint density at radius 3 is 2.93 bits per heavy atom. The molecule has 2 aromatic rings. The van der Waals surface area contributed by atoms with Crippen LogP contribution in [-0.4, -0.2) is 14.7 Å². The molecule has 0 aliphatic rings. The van der Waals surface area contributed by atoms with Crippen molar-refractivity contribution in [2.45, 2.75) is 26.2 Å². The zero-order chi connectivity index (χ0) is 10.3. The summed E-state index contributed by atoms with van der Waals surface area (Å²) < 4.78 is 2.20. The van der Waals surface area contributed by atoms with E-state index in [-0.39, 0.29) is 5.41 Å². The van der Waals surface area contributed by atoms with E-state index >= 15 is 0 Å². The second kappa shape index (κ2) is 3.35. The minimum Gasteiger partial charge on any atom is -0.294 e. The summed E-state index contributed by atoms with van der Waals surface area (Å²) in [5, 5.41) is 3.03. The van der Waals surface area contributed by atoms with Crippen molar-refractivity contribution in [2.75, 3.05) is 5.33 Å². The van der Waals surface area contributed by atoms with Gasteiger partial charge < -0.3 is 0 Å². The highest BCUT2D eigenvalue weighted by molar-refractivity contribution is 9.09. The Balaban J connectivity index is 2.70. The van der Waals surface area contributed by atoms with Crippen LogP contribution in [-0.2, 0) is 5.41 Å². The van der Waals surface area contributed by atoms with Crippen LogP contribution < -0.4 is 0 Å². The molecule has 0 saturated heterocycles. The van der Waals surface area contributed by atoms with Gasteiger partial charge in [-0.05, 0) is 6.92 Å². The van der Waals surface area contributed by atoms with Gasteiger partial charge in [-0.2, -0.15) is 0 Å². The fraction of sp³-hybridized carbons (Fsp3) is 0.500. The van der Waals surface area contributed by atoms with Crippen molar-refractivity contribution in [3.8, 4) is 0 Å². The molecule has 0 fully saturated rings. The van der Waals surface area contributed by atoms with Crippen molar-refractivity contribution < 1.29 is 0 Å². The molecule has 0 unspecified atom stereocenters. The molecule has 2 heterocycles. The Morgan fingerprint density at radius 1 is 1.57 bits per heavy atom. The lowest BCUT2D eigenvalue weighted by Gasteiger charge is -2.21. The Hall–Kier alpha value is -0.350. The van der Waals surface area contributed by atoms with E-state index in [0.717, 1.165) is 16.0 Å². The average Bonchev–Trinajstić information content (AvgIpc) is 2.62. The van der Waals surface area contributed by atoms with Crippen molar-refractivity contribution in [3.05, 3.63) is 23.0 Å². The van der Waals surface area contributed by atoms with Gasteiger partial charge in [0.05, 0.1) is 11.4 Å². The quantitative estimate of drug-likeness (QED) is 0.767. The highest BCUT2D eigenvalue weighted by Gasteiger charge is 2.26. The number of aryl methyl sites for hydroxylation is 1. The van der Waals surface area contributed by atoms with E-state index in [4.69, 9.17) is 0 Å². The van der Waals surface area contributed by atoms with Crippen molar-refractivity contribution >= 4 is 32.2 Å². The second-order valence-electron chi connectivity index (χ2n) is 4.12. The molecule has 0 spiro atoms. The molecule has 0 aromatic carbocycles. The minimum atomic E-state index is 0.130. The van der Waals surface area contributed by atoms with Crippen LogP contribution in [0.2, 0.25) is 0 Å². The molecule has 0 amide bonds. The summed E-state index contributed by atoms with van der Waals surface area (Å²) in [6.07, 6.45) is 2.10. The number of imidazole rings is 1. The van der Waals surface area contributed by atoms with Gasteiger partial charge in [-0.15, -0.1) is 11.3 Å². The number of thiazole rings is 1. The van der Waals surface area contributed by atoms with Gasteiger partial charge in [-0.25, -0.2) is 4.98 Å². The van der Waals surface area contributed by atoms with E-state index in [9.17, 15) is 0 Å². The molecule has 2 rings (SSSR count). The molecule has 4 heteroatoms. The van der Waals surface area contributed by atoms with Crippen molar-refractivity contribution in [1.29, 1.82) is 0 Å². The summed E-state index contributed by atoms with van der Waals surface area (Å²) >= 11 is 5.25. The van der Waals surface area contributed by atoms with E-state index < -0.39 is 0 Å². The first-order valence-electron chi connectivity index (χ1n) is 4.55. The molecule has 0 aliphatic heterocycles. The van der Waals surface area contributed by atoms with Crippen LogP contribution in [0.3, 0.4) is 0 Å². The van der Waals surface area contributed by atoms with Crippen LogP contribution in [0.1, 0.15) is 25.2 Å². The van der Waals surface area contributed by atoms with Gasteiger partial charge in [-0.3, -0.25) is 4.40 Å². The zero-order valence-corrected chi connectivity index (χ0v) is 10.9. The van der Waals surface area contributed by atoms with Gasteiger partial charge in [0.1, 0.15) is 0 Å². The van der Waals surface area contributed by atoms with Gasteiger partial charge in [0, 0.05) is 22.3 Å². The third-order valence-corrected chi connectivity index (χ3v) is 4.57. The molecule has 2 nitrogen and oxygen atoms in total. The van der Waals surface area contributed by atoms with Crippen LogP contribution in [0.4, 0.5) is 0 Å². The third kappa shape index (κ3) is 1.41. The lowest BCUT2D eigenvalue weighted by atomic mass is 9.91. The first-order valence-corrected chi connectivity index (χ1v) is 6.55. The van der Waals surface area contributed by atoms with E-state index in [1.807, 2.05) is 0 Å². The number of hydrogen-bond acceptors (Lipinski definition) is 2. The number of aromatic nitrogens is 2. The molecule has 0 radical (unpaired) electrons. The van der Waals surface area contributed by atoms with Crippen LogP contribution in [0, 0.1) is 6.92 Å². The fourth-order valence-corrected chi connectivity index (χ4v) is 2.80. The van der Waals surface area contributed by atoms with Gasteiger partial charge in [0.25, 0.3) is 0 Å². The van der Waals surface area contributed by atoms with Crippen LogP contribution >= 0.6 is 27.3 Å². The number of rotatable bonds is 2. The van der Waals surface area contributed by atoms with E-state index in [1.165, 1.54) is 5.69 Å². The van der Waals surface area contributed by atoms with Gasteiger partial charge in [0.15, 0.2) is 4.96 Å². The molecule has 2 aromatic heterocycles. The highest BCUT2D eigenvalue weighted by atomic mass is 79.9. The maximum atomic E-state index is 4.55. The largest absolute Gasteiger partial charge is 0.294 e. The minimum absolute atomic E-state index is 0.130. The number of hydrogen-bond donors (Lipinski definition) is 0. The number of fused-ring (bicyclic) bond motifs is 1. The molecule has 0 N–H and O–H groups in total. The standard InChI is InChI=1S/C10H13BrN2S/c1-7-8(10(2,3)6-11)13-4-5-14-9(13)12-7/h4-5H,6H2,1-3H3. The number of halogens is 1. The zero-order valence-electron chi connectivity index (χ0n) is 8.54. The molecule has 0 saturated carbocycles. The fourth-order valence-electron chi connectivity index (χ4n) is 1.77. The maximum absolute atomic E-state index is 4.55. The van der Waals surface area contributed by atoms with Gasteiger partial charge in [0.2, 0.25) is 0 Å². The van der Waals surface area contributed by atoms with E-state index in [0.29, 0.717) is 0 Å². The van der Waals surface area contributed by atoms with Crippen LogP contribution in [0.15, 0.2) is 11.6 Å². The summed E-state index contributed by atoms with van der Waals surface area (Å²) in [6, 6.07) is 0. The topological polar surface area (TPSA) is 17.3 Å². The first kappa shape index (κ1) is 10.2. The summed E-state index contributed by atoms with van der Waals surface area (Å²) in [7, 11) is 0. The Kier molecular flexibility index (Phi) is 2.43. The Bertz CT molecular complexity index is 456. The lowest BCUT2D eigenvalue weighted by molar-refractivity contribution is 0.574. The summed E-state index contributed by atoms with van der Waals surface area (Å²) in [5.41, 5.74) is 2.58. The Morgan fingerprint density at radius 2 is 2.29 bits per heavy atom. The number of alkyl halides is 1. The molecule has 14 heavy (non-hydrogen) atoms. The van der Waals surface area contributed by atoms with Crippen molar-refractivity contribution in [2.24, 2.45) is 0 Å². The lowest BCUT2D eigenvalue weighted by Crippen LogP contribution is -2.22. The maximum Gasteiger partial charge on any atom is 0.194 e. The smallest absolute Gasteiger partial charge is 0.194 e. The van der Waals surface area contributed by atoms with Gasteiger partial charge in [-0.1, -0.05) is 29.8 Å². The average molecular weight is 273 g/mol. The molecule has 0 bridgehead atoms. The second-order valence-corrected chi connectivity index (χ2v) is 5.55. The van der Waals surface area contributed by atoms with Gasteiger partial charge >= 0.3 is 0 Å². The Labute approximate surface area is 96.1 Å². The summed E-state index contributed by atoms with van der Waals surface area (Å²) in [4.78, 5) is 5.64. The molecular formula is C10H13BrN2S. The van der Waals surface area contributed by atoms with Crippen molar-refractivity contribution in [1.82, 2.24) is 9.38 Å². The monoisotopic (exact) mass is 272 g/mol. The summed E-state index contributed by atoms with van der Waals surface area (Å²) in [5.74, 6) is 0. The number of nitrogens with zero attached hydrogens (tertiary/aromatic N) is 2. The van der Waals surface area contributed by atoms with E-state index in [1.54, 1.807) is 11.3 Å². The predicted octanol–water partition coefficient (Wildman–Crippen LogP) is 3.38. The molecule has 0 atom stereocenters. The highest BCUT2D eigenvalue weighted by Crippen LogP contribution is 2.30. The van der Waals surface area contributed by atoms with E-state index in [2.05, 4.69) is 57.7 Å². The first-order chi connectivity index (χ1) is 6.56. The SMILES string of the molecule is Cc1nc2sccn2c1C(C)(C)CBr. The van der Waals surface area contributed by atoms with Crippen LogP contribution in [0.5, 0.6) is 0 Å².